The van der Waals surface area contributed by atoms with Crippen molar-refractivity contribution in [2.75, 3.05) is 4.90 Å². The first-order valence-electron chi connectivity index (χ1n) is 19.9. The Morgan fingerprint density at radius 2 is 0.828 bits per heavy atom. The molecule has 2 heteroatoms. The van der Waals surface area contributed by atoms with Crippen molar-refractivity contribution < 1.29 is 0 Å². The molecule has 0 aliphatic heterocycles. The second kappa shape index (κ2) is 14.1. The lowest BCUT2D eigenvalue weighted by Gasteiger charge is -2.28. The van der Waals surface area contributed by atoms with Crippen LogP contribution < -0.4 is 4.90 Å². The van der Waals surface area contributed by atoms with Crippen LogP contribution in [0.1, 0.15) is 0 Å². The van der Waals surface area contributed by atoms with Crippen molar-refractivity contribution in [1.29, 1.82) is 0 Å². The summed E-state index contributed by atoms with van der Waals surface area (Å²) in [6.45, 7) is 0. The summed E-state index contributed by atoms with van der Waals surface area (Å²) < 4.78 is 2.49. The summed E-state index contributed by atoms with van der Waals surface area (Å²) in [6, 6.07) is 83.7. The van der Waals surface area contributed by atoms with E-state index in [-0.39, 0.29) is 0 Å². The van der Waals surface area contributed by atoms with E-state index in [1.54, 1.807) is 0 Å². The molecule has 11 aromatic rings. The highest BCUT2D eigenvalue weighted by Crippen LogP contribution is 2.49. The Labute approximate surface area is 338 Å². The maximum absolute atomic E-state index is 2.49. The standard InChI is InChI=1S/C56H38N2/c1-5-21-40(22-6-1)54-51-38-50(47-31-15-16-32-49(47)56(51)58(43-28-11-4-12-29-43)55(54)41-23-7-2-8-24-41)46-33-18-35-48-45(46)34-19-37-53(48)57(42-26-9-3-10-27-42)52-36-17-25-39-20-13-14-30-44(39)52/h1-38H. The molecule has 0 bridgehead atoms. The number of para-hydroxylation sites is 2. The van der Waals surface area contributed by atoms with Gasteiger partial charge in [0.25, 0.3) is 0 Å². The van der Waals surface area contributed by atoms with Crippen LogP contribution in [-0.4, -0.2) is 4.57 Å². The van der Waals surface area contributed by atoms with Gasteiger partial charge < -0.3 is 9.47 Å². The number of fused-ring (bicyclic) bond motifs is 5. The molecule has 0 spiro atoms. The molecule has 0 saturated heterocycles. The van der Waals surface area contributed by atoms with Crippen molar-refractivity contribution in [3.05, 3.63) is 231 Å². The first-order valence-corrected chi connectivity index (χ1v) is 19.9. The van der Waals surface area contributed by atoms with Crippen LogP contribution in [0.4, 0.5) is 17.1 Å². The Bertz CT molecular complexity index is 3250. The number of nitrogens with zero attached hydrogens (tertiary/aromatic N) is 2. The second-order valence-electron chi connectivity index (χ2n) is 14.8. The predicted octanol–water partition coefficient (Wildman–Crippen LogP) is 15.6. The summed E-state index contributed by atoms with van der Waals surface area (Å²) >= 11 is 0. The molecule has 0 atom stereocenters. The summed E-state index contributed by atoms with van der Waals surface area (Å²) in [4.78, 5) is 2.43. The van der Waals surface area contributed by atoms with Gasteiger partial charge >= 0.3 is 0 Å². The van der Waals surface area contributed by atoms with E-state index >= 15 is 0 Å². The molecule has 58 heavy (non-hydrogen) atoms. The van der Waals surface area contributed by atoms with Crippen LogP contribution in [0.3, 0.4) is 0 Å². The van der Waals surface area contributed by atoms with Gasteiger partial charge in [0.05, 0.1) is 22.6 Å². The smallest absolute Gasteiger partial charge is 0.0620 e. The van der Waals surface area contributed by atoms with E-state index in [2.05, 4.69) is 240 Å². The van der Waals surface area contributed by atoms with Crippen molar-refractivity contribution >= 4 is 60.3 Å². The Hall–Kier alpha value is -7.68. The van der Waals surface area contributed by atoms with Crippen molar-refractivity contribution in [2.45, 2.75) is 0 Å². The molecule has 272 valence electrons. The van der Waals surface area contributed by atoms with Gasteiger partial charge in [-0.1, -0.05) is 188 Å². The fourth-order valence-corrected chi connectivity index (χ4v) is 9.08. The molecule has 0 fully saturated rings. The number of hydrogen-bond acceptors (Lipinski definition) is 1. The molecule has 1 aromatic heterocycles. The quantitative estimate of drug-likeness (QED) is 0.158. The van der Waals surface area contributed by atoms with Gasteiger partial charge in [0, 0.05) is 38.5 Å². The number of anilines is 3. The minimum atomic E-state index is 1.12. The zero-order valence-electron chi connectivity index (χ0n) is 31.8. The second-order valence-corrected chi connectivity index (χ2v) is 14.8. The molecule has 0 radical (unpaired) electrons. The molecule has 0 unspecified atom stereocenters. The third-order valence-electron chi connectivity index (χ3n) is 11.5. The third-order valence-corrected chi connectivity index (χ3v) is 11.5. The summed E-state index contributed by atoms with van der Waals surface area (Å²) in [5, 5.41) is 8.48. The average molecular weight is 739 g/mol. The van der Waals surface area contributed by atoms with Crippen molar-refractivity contribution in [3.63, 3.8) is 0 Å². The maximum Gasteiger partial charge on any atom is 0.0620 e. The first kappa shape index (κ1) is 33.6. The van der Waals surface area contributed by atoms with Gasteiger partial charge in [-0.2, -0.15) is 0 Å². The monoisotopic (exact) mass is 738 g/mol. The van der Waals surface area contributed by atoms with Gasteiger partial charge in [-0.05, 0) is 80.9 Å². The van der Waals surface area contributed by atoms with Crippen molar-refractivity contribution in [2.24, 2.45) is 0 Å². The van der Waals surface area contributed by atoms with Gasteiger partial charge in [0.2, 0.25) is 0 Å². The van der Waals surface area contributed by atoms with Crippen LogP contribution in [0.2, 0.25) is 0 Å². The molecule has 0 amide bonds. The van der Waals surface area contributed by atoms with E-state index in [0.29, 0.717) is 0 Å². The van der Waals surface area contributed by atoms with Crippen LogP contribution in [0.15, 0.2) is 231 Å². The largest absolute Gasteiger partial charge is 0.309 e. The van der Waals surface area contributed by atoms with E-state index in [4.69, 9.17) is 0 Å². The van der Waals surface area contributed by atoms with Crippen LogP contribution in [0.25, 0.3) is 82.4 Å². The van der Waals surface area contributed by atoms with Gasteiger partial charge in [0.1, 0.15) is 0 Å². The fraction of sp³-hybridized carbons (Fsp3) is 0. The predicted molar refractivity (Wildman–Crippen MR) is 247 cm³/mol. The molecule has 0 aliphatic carbocycles. The summed E-state index contributed by atoms with van der Waals surface area (Å²) in [5.74, 6) is 0. The first-order chi connectivity index (χ1) is 28.8. The van der Waals surface area contributed by atoms with Crippen LogP contribution in [-0.2, 0) is 0 Å². The van der Waals surface area contributed by atoms with Gasteiger partial charge in [-0.15, -0.1) is 0 Å². The van der Waals surface area contributed by atoms with Crippen LogP contribution >= 0.6 is 0 Å². The fourth-order valence-electron chi connectivity index (χ4n) is 9.08. The Morgan fingerprint density at radius 3 is 1.57 bits per heavy atom. The van der Waals surface area contributed by atoms with Crippen LogP contribution in [0, 0.1) is 0 Å². The summed E-state index contributed by atoms with van der Waals surface area (Å²) in [5.41, 5.74) is 12.9. The van der Waals surface area contributed by atoms with E-state index in [1.165, 1.54) is 76.7 Å². The molecule has 0 aliphatic rings. The van der Waals surface area contributed by atoms with E-state index < -0.39 is 0 Å². The zero-order valence-corrected chi connectivity index (χ0v) is 31.8. The zero-order chi connectivity index (χ0) is 38.4. The van der Waals surface area contributed by atoms with E-state index in [1.807, 2.05) is 0 Å². The molecular formula is C56H38N2. The van der Waals surface area contributed by atoms with Gasteiger partial charge in [0.15, 0.2) is 0 Å². The van der Waals surface area contributed by atoms with Gasteiger partial charge in [-0.25, -0.2) is 0 Å². The topological polar surface area (TPSA) is 8.17 Å². The number of rotatable bonds is 7. The molecule has 0 saturated carbocycles. The summed E-state index contributed by atoms with van der Waals surface area (Å²) in [7, 11) is 0. The minimum absolute atomic E-state index is 1.12. The third kappa shape index (κ3) is 5.50. The lowest BCUT2D eigenvalue weighted by Crippen LogP contribution is -2.11. The minimum Gasteiger partial charge on any atom is -0.309 e. The Morgan fingerprint density at radius 1 is 0.328 bits per heavy atom. The lowest BCUT2D eigenvalue weighted by atomic mass is 9.90. The maximum atomic E-state index is 2.49. The highest BCUT2D eigenvalue weighted by Gasteiger charge is 2.25. The SMILES string of the molecule is c1ccc(-c2c(-c3ccccc3)n(-c3ccccc3)c3c2cc(-c2cccc4c(N(c5ccccc5)c5cccc6ccccc56)cccc24)c2ccccc23)cc1. The van der Waals surface area contributed by atoms with E-state index in [0.717, 1.165) is 22.7 Å². The van der Waals surface area contributed by atoms with Crippen LogP contribution in [0.5, 0.6) is 0 Å². The molecule has 10 aromatic carbocycles. The molecule has 11 rings (SSSR count). The van der Waals surface area contributed by atoms with E-state index in [9.17, 15) is 0 Å². The lowest BCUT2D eigenvalue weighted by molar-refractivity contribution is 1.14. The number of hydrogen-bond donors (Lipinski definition) is 0. The van der Waals surface area contributed by atoms with Crippen molar-refractivity contribution in [1.82, 2.24) is 4.57 Å². The molecule has 2 nitrogen and oxygen atoms in total. The molecule has 1 heterocycles. The molecule has 0 N–H and O–H groups in total. The Kier molecular flexibility index (Phi) is 8.19. The normalized spacial score (nSPS) is 11.4. The molecular weight excluding hydrogens is 701 g/mol. The number of aromatic nitrogens is 1. The van der Waals surface area contributed by atoms with Crippen molar-refractivity contribution in [3.8, 4) is 39.2 Å². The highest BCUT2D eigenvalue weighted by molar-refractivity contribution is 6.22. The highest BCUT2D eigenvalue weighted by atomic mass is 15.1. The summed E-state index contributed by atoms with van der Waals surface area (Å²) in [6.07, 6.45) is 0. The number of benzene rings is 10. The van der Waals surface area contributed by atoms with Gasteiger partial charge in [-0.3, -0.25) is 0 Å². The Balaban J connectivity index is 1.24. The average Bonchev–Trinajstić information content (AvgIpc) is 3.65.